The first-order valence-electron chi connectivity index (χ1n) is 7.56. The Bertz CT molecular complexity index is 833. The number of rotatable bonds is 4. The molecule has 1 heterocycles. The fraction of sp³-hybridized carbons (Fsp3) is 0.0526. The van der Waals surface area contributed by atoms with Crippen molar-refractivity contribution in [1.82, 2.24) is 0 Å². The second-order valence-corrected chi connectivity index (χ2v) is 5.29. The Morgan fingerprint density at radius 3 is 1.44 bits per heavy atom. The lowest BCUT2D eigenvalue weighted by atomic mass is 10.3. The third-order valence-corrected chi connectivity index (χ3v) is 3.52. The first-order valence-corrected chi connectivity index (χ1v) is 7.56. The molecule has 3 aromatic carbocycles. The third-order valence-electron chi connectivity index (χ3n) is 3.52. The van der Waals surface area contributed by atoms with Crippen LogP contribution in [-0.4, -0.2) is 16.4 Å². The number of phenols is 2. The number of aromatic hydroxyl groups is 2. The molecule has 0 radical (unpaired) electrons. The van der Waals surface area contributed by atoms with Gasteiger partial charge in [-0.2, -0.15) is 0 Å². The highest BCUT2D eigenvalue weighted by Gasteiger charge is 2.50. The topological polar surface area (TPSA) is 77.4 Å². The minimum Gasteiger partial charge on any atom is -0.504 e. The molecule has 0 atom stereocenters. The average molecular weight is 338 g/mol. The summed E-state index contributed by atoms with van der Waals surface area (Å²) < 4.78 is 22.9. The Balaban J connectivity index is 1.72. The first kappa shape index (κ1) is 15.0. The molecule has 0 amide bonds. The summed E-state index contributed by atoms with van der Waals surface area (Å²) >= 11 is 0. The van der Waals surface area contributed by atoms with Gasteiger partial charge >= 0.3 is 6.16 Å². The summed E-state index contributed by atoms with van der Waals surface area (Å²) in [5.41, 5.74) is 0. The summed E-state index contributed by atoms with van der Waals surface area (Å²) in [4.78, 5) is 0. The van der Waals surface area contributed by atoms with Crippen LogP contribution in [0.2, 0.25) is 0 Å². The third kappa shape index (κ3) is 2.85. The minimum atomic E-state index is -2.03. The van der Waals surface area contributed by atoms with E-state index in [1.165, 1.54) is 12.1 Å². The molecule has 0 saturated carbocycles. The number of hydrogen-bond acceptors (Lipinski definition) is 6. The molecule has 4 rings (SSSR count). The Hall–Kier alpha value is -3.54. The van der Waals surface area contributed by atoms with Crippen molar-refractivity contribution in [3.05, 3.63) is 72.8 Å². The van der Waals surface area contributed by atoms with Crippen LogP contribution in [0, 0.1) is 0 Å². The maximum Gasteiger partial charge on any atom is 0.611 e. The summed E-state index contributed by atoms with van der Waals surface area (Å²) in [6.07, 6.45) is -2.03. The number of phenolic OH excluding ortho intramolecular Hbond substituents is 2. The maximum atomic E-state index is 9.98. The van der Waals surface area contributed by atoms with Crippen LogP contribution in [0.4, 0.5) is 0 Å². The van der Waals surface area contributed by atoms with Crippen LogP contribution in [0.25, 0.3) is 0 Å². The van der Waals surface area contributed by atoms with Crippen LogP contribution in [0.15, 0.2) is 72.8 Å². The Morgan fingerprint density at radius 1 is 0.600 bits per heavy atom. The molecule has 0 saturated heterocycles. The van der Waals surface area contributed by atoms with Gasteiger partial charge in [-0.1, -0.05) is 36.4 Å². The van der Waals surface area contributed by atoms with Gasteiger partial charge in [0.1, 0.15) is 0 Å². The monoisotopic (exact) mass is 338 g/mol. The summed E-state index contributed by atoms with van der Waals surface area (Å²) in [5, 5.41) is 20.0. The molecule has 0 bridgehead atoms. The number of para-hydroxylation sites is 6. The number of benzene rings is 3. The lowest BCUT2D eigenvalue weighted by Gasteiger charge is -2.26. The summed E-state index contributed by atoms with van der Waals surface area (Å²) in [6, 6.07) is 19.6. The van der Waals surface area contributed by atoms with E-state index in [2.05, 4.69) is 0 Å². The van der Waals surface area contributed by atoms with Crippen molar-refractivity contribution >= 4 is 0 Å². The van der Waals surface area contributed by atoms with Crippen molar-refractivity contribution in [2.75, 3.05) is 0 Å². The number of hydrogen-bond donors (Lipinski definition) is 2. The van der Waals surface area contributed by atoms with Gasteiger partial charge in [0.2, 0.25) is 0 Å². The van der Waals surface area contributed by atoms with E-state index in [1.807, 2.05) is 0 Å². The van der Waals surface area contributed by atoms with Gasteiger partial charge in [-0.15, -0.1) is 0 Å². The van der Waals surface area contributed by atoms with Gasteiger partial charge in [0.05, 0.1) is 0 Å². The molecule has 1 aliphatic heterocycles. The Morgan fingerprint density at radius 2 is 1.00 bits per heavy atom. The summed E-state index contributed by atoms with van der Waals surface area (Å²) in [6.45, 7) is 0. The van der Waals surface area contributed by atoms with E-state index >= 15 is 0 Å². The highest BCUT2D eigenvalue weighted by molar-refractivity contribution is 5.44. The molecule has 3 aromatic rings. The Kier molecular flexibility index (Phi) is 3.50. The molecule has 0 aliphatic carbocycles. The van der Waals surface area contributed by atoms with E-state index in [0.717, 1.165) is 0 Å². The van der Waals surface area contributed by atoms with Gasteiger partial charge in [-0.3, -0.25) is 0 Å². The van der Waals surface area contributed by atoms with E-state index in [4.69, 9.17) is 18.9 Å². The van der Waals surface area contributed by atoms with Crippen molar-refractivity contribution < 1.29 is 29.2 Å². The predicted octanol–water partition coefficient (Wildman–Crippen LogP) is 3.64. The van der Waals surface area contributed by atoms with E-state index in [0.29, 0.717) is 11.5 Å². The van der Waals surface area contributed by atoms with Gasteiger partial charge in [-0.05, 0) is 36.4 Å². The van der Waals surface area contributed by atoms with Gasteiger partial charge in [-0.25, -0.2) is 0 Å². The molecule has 1 aliphatic rings. The zero-order valence-electron chi connectivity index (χ0n) is 13.0. The largest absolute Gasteiger partial charge is 0.611 e. The predicted molar refractivity (Wildman–Crippen MR) is 87.9 cm³/mol. The standard InChI is InChI=1S/C19H14O6/c20-13-7-1-3-9-15(13)22-19(23-16-10-4-2-8-14(16)21)24-17-11-5-6-12-18(17)25-19/h1-12,20-21H. The Labute approximate surface area is 143 Å². The smallest absolute Gasteiger partial charge is 0.504 e. The van der Waals surface area contributed by atoms with Crippen molar-refractivity contribution in [1.29, 1.82) is 0 Å². The average Bonchev–Trinajstić information content (AvgIpc) is 2.97. The zero-order valence-corrected chi connectivity index (χ0v) is 13.0. The van der Waals surface area contributed by atoms with Gasteiger partial charge in [0, 0.05) is 0 Å². The molecule has 2 N–H and O–H groups in total. The van der Waals surface area contributed by atoms with Crippen LogP contribution in [0.1, 0.15) is 0 Å². The lowest BCUT2D eigenvalue weighted by molar-refractivity contribution is -0.350. The van der Waals surface area contributed by atoms with Crippen molar-refractivity contribution in [2.45, 2.75) is 6.16 Å². The van der Waals surface area contributed by atoms with Crippen LogP contribution >= 0.6 is 0 Å². The zero-order chi connectivity index (χ0) is 17.3. The van der Waals surface area contributed by atoms with Crippen LogP contribution < -0.4 is 18.9 Å². The van der Waals surface area contributed by atoms with E-state index in [9.17, 15) is 10.2 Å². The van der Waals surface area contributed by atoms with Crippen molar-refractivity contribution in [3.63, 3.8) is 0 Å². The second-order valence-electron chi connectivity index (χ2n) is 5.29. The molecule has 126 valence electrons. The van der Waals surface area contributed by atoms with Gasteiger partial charge in [0.15, 0.2) is 34.5 Å². The van der Waals surface area contributed by atoms with Crippen molar-refractivity contribution in [2.24, 2.45) is 0 Å². The number of ether oxygens (including phenoxy) is 4. The van der Waals surface area contributed by atoms with Crippen LogP contribution in [0.3, 0.4) is 0 Å². The van der Waals surface area contributed by atoms with E-state index in [-0.39, 0.29) is 23.0 Å². The molecule has 0 aromatic heterocycles. The fourth-order valence-corrected chi connectivity index (χ4v) is 2.37. The maximum absolute atomic E-state index is 9.98. The van der Waals surface area contributed by atoms with E-state index < -0.39 is 6.16 Å². The molecule has 25 heavy (non-hydrogen) atoms. The molecule has 0 unspecified atom stereocenters. The summed E-state index contributed by atoms with van der Waals surface area (Å²) in [7, 11) is 0. The molecule has 6 heteroatoms. The first-order chi connectivity index (χ1) is 12.2. The molecule has 0 spiro atoms. The highest BCUT2D eigenvalue weighted by atomic mass is 17.0. The molecular formula is C19H14O6. The normalized spacial score (nSPS) is 14.1. The minimum absolute atomic E-state index is 0.103. The van der Waals surface area contributed by atoms with Crippen LogP contribution in [0.5, 0.6) is 34.5 Å². The SMILES string of the molecule is Oc1ccccc1OC1(Oc2ccccc2O)Oc2ccccc2O1. The van der Waals surface area contributed by atoms with Gasteiger partial charge in [0.25, 0.3) is 0 Å². The van der Waals surface area contributed by atoms with Gasteiger partial charge < -0.3 is 29.2 Å². The van der Waals surface area contributed by atoms with Crippen LogP contribution in [-0.2, 0) is 0 Å². The number of fused-ring (bicyclic) bond motifs is 1. The fourth-order valence-electron chi connectivity index (χ4n) is 2.37. The second kappa shape index (κ2) is 5.83. The highest BCUT2D eigenvalue weighted by Crippen LogP contribution is 2.43. The summed E-state index contributed by atoms with van der Waals surface area (Å²) in [5.74, 6) is 0.815. The lowest BCUT2D eigenvalue weighted by Crippen LogP contribution is -2.50. The molecule has 0 fully saturated rings. The van der Waals surface area contributed by atoms with E-state index in [1.54, 1.807) is 60.7 Å². The molecular weight excluding hydrogens is 324 g/mol. The molecule has 6 nitrogen and oxygen atoms in total. The quantitative estimate of drug-likeness (QED) is 0.707. The van der Waals surface area contributed by atoms with Crippen molar-refractivity contribution in [3.8, 4) is 34.5 Å².